The Bertz CT molecular complexity index is 1390. The summed E-state index contributed by atoms with van der Waals surface area (Å²) in [5, 5.41) is 0.838. The van der Waals surface area contributed by atoms with Crippen molar-refractivity contribution < 1.29 is 9.59 Å². The van der Waals surface area contributed by atoms with Crippen molar-refractivity contribution in [1.82, 2.24) is 9.47 Å². The lowest BCUT2D eigenvalue weighted by Crippen LogP contribution is -2.27. The van der Waals surface area contributed by atoms with Gasteiger partial charge in [-0.2, -0.15) is 0 Å². The molecule has 1 fully saturated rings. The molecule has 33 heavy (non-hydrogen) atoms. The van der Waals surface area contributed by atoms with E-state index in [1.807, 2.05) is 60.7 Å². The predicted molar refractivity (Wildman–Crippen MR) is 138 cm³/mol. The molecule has 4 aromatic rings. The number of thioether (sulfide) groups is 1. The van der Waals surface area contributed by atoms with E-state index in [-0.39, 0.29) is 17.7 Å². The minimum absolute atomic E-state index is 0.236. The number of para-hydroxylation sites is 1. The van der Waals surface area contributed by atoms with Crippen molar-refractivity contribution >= 4 is 55.8 Å². The van der Waals surface area contributed by atoms with Gasteiger partial charge in [-0.25, -0.2) is 0 Å². The Labute approximate surface area is 205 Å². The van der Waals surface area contributed by atoms with E-state index in [1.54, 1.807) is 0 Å². The highest BCUT2D eigenvalue weighted by Crippen LogP contribution is 2.36. The number of hydrogen-bond acceptors (Lipinski definition) is 3. The van der Waals surface area contributed by atoms with Gasteiger partial charge in [-0.05, 0) is 54.1 Å². The number of nitrogens with zero attached hydrogens (tertiary/aromatic N) is 2. The van der Waals surface area contributed by atoms with Crippen LogP contribution >= 0.6 is 27.7 Å². The standard InChI is InChI=1S/C27H21BrN2O2S/c1-18-23(22-9-5-6-10-24(22)29(18)16-19-7-3-2-4-8-19)15-25-26(31)30(27(32)33-25)17-20-11-13-21(28)14-12-20/h2-15H,16-17H2,1H3. The maximum absolute atomic E-state index is 13.1. The lowest BCUT2D eigenvalue weighted by Gasteiger charge is -2.12. The summed E-state index contributed by atoms with van der Waals surface area (Å²) in [7, 11) is 0. The van der Waals surface area contributed by atoms with E-state index in [1.165, 1.54) is 10.5 Å². The third kappa shape index (κ3) is 4.28. The Morgan fingerprint density at radius 1 is 0.848 bits per heavy atom. The Balaban J connectivity index is 1.50. The molecule has 1 aliphatic heterocycles. The summed E-state index contributed by atoms with van der Waals surface area (Å²) < 4.78 is 3.23. The van der Waals surface area contributed by atoms with Crippen LogP contribution in [0, 0.1) is 6.92 Å². The van der Waals surface area contributed by atoms with E-state index in [0.717, 1.165) is 50.5 Å². The first-order chi connectivity index (χ1) is 16.0. The first-order valence-electron chi connectivity index (χ1n) is 10.6. The second-order valence-corrected chi connectivity index (χ2v) is 9.89. The molecule has 0 atom stereocenters. The lowest BCUT2D eigenvalue weighted by molar-refractivity contribution is -0.123. The van der Waals surface area contributed by atoms with Crippen LogP contribution in [0.15, 0.2) is 88.2 Å². The maximum atomic E-state index is 13.1. The van der Waals surface area contributed by atoms with Crippen molar-refractivity contribution in [3.8, 4) is 0 Å². The summed E-state index contributed by atoms with van der Waals surface area (Å²) in [6, 6.07) is 26.2. The summed E-state index contributed by atoms with van der Waals surface area (Å²) >= 11 is 4.42. The highest BCUT2D eigenvalue weighted by Gasteiger charge is 2.35. The molecule has 3 aromatic carbocycles. The van der Waals surface area contributed by atoms with Crippen molar-refractivity contribution in [2.45, 2.75) is 20.0 Å². The minimum atomic E-state index is -0.243. The SMILES string of the molecule is Cc1c(C=C2SC(=O)N(Cc3ccc(Br)cc3)C2=O)c2ccccc2n1Cc1ccccc1. The van der Waals surface area contributed by atoms with E-state index in [9.17, 15) is 9.59 Å². The number of hydrogen-bond donors (Lipinski definition) is 0. The van der Waals surface area contributed by atoms with Crippen LogP contribution in [0.4, 0.5) is 4.79 Å². The largest absolute Gasteiger partial charge is 0.340 e. The molecule has 4 nitrogen and oxygen atoms in total. The van der Waals surface area contributed by atoms with Crippen LogP contribution in [0.3, 0.4) is 0 Å². The Morgan fingerprint density at radius 3 is 2.27 bits per heavy atom. The zero-order chi connectivity index (χ0) is 22.9. The number of carbonyl (C=O) groups excluding carboxylic acids is 2. The van der Waals surface area contributed by atoms with Crippen LogP contribution in [-0.4, -0.2) is 20.6 Å². The number of halogens is 1. The van der Waals surface area contributed by atoms with Crippen molar-refractivity contribution in [3.63, 3.8) is 0 Å². The number of fused-ring (bicyclic) bond motifs is 1. The number of imide groups is 1. The molecule has 2 amide bonds. The third-order valence-electron chi connectivity index (χ3n) is 5.87. The van der Waals surface area contributed by atoms with Crippen LogP contribution in [0.5, 0.6) is 0 Å². The first-order valence-corrected chi connectivity index (χ1v) is 12.2. The maximum Gasteiger partial charge on any atom is 0.293 e. The fourth-order valence-electron chi connectivity index (χ4n) is 4.15. The zero-order valence-corrected chi connectivity index (χ0v) is 20.4. The molecule has 0 radical (unpaired) electrons. The quantitative estimate of drug-likeness (QED) is 0.268. The molecule has 6 heteroatoms. The molecule has 1 aromatic heterocycles. The summed E-state index contributed by atoms with van der Waals surface area (Å²) in [5.41, 5.74) is 5.29. The fourth-order valence-corrected chi connectivity index (χ4v) is 5.23. The Hall–Kier alpha value is -3.09. The van der Waals surface area contributed by atoms with Gasteiger partial charge in [0.05, 0.1) is 11.4 Å². The Kier molecular flexibility index (Phi) is 5.96. The molecule has 0 unspecified atom stereocenters. The van der Waals surface area contributed by atoms with Crippen LogP contribution in [0.25, 0.3) is 17.0 Å². The second-order valence-electron chi connectivity index (χ2n) is 7.98. The topological polar surface area (TPSA) is 42.3 Å². The molecule has 0 N–H and O–H groups in total. The van der Waals surface area contributed by atoms with Crippen LogP contribution < -0.4 is 0 Å². The monoisotopic (exact) mass is 516 g/mol. The molecule has 5 rings (SSSR count). The van der Waals surface area contributed by atoms with E-state index >= 15 is 0 Å². The first kappa shape index (κ1) is 21.7. The van der Waals surface area contributed by atoms with Gasteiger partial charge in [-0.3, -0.25) is 14.5 Å². The van der Waals surface area contributed by atoms with Crippen molar-refractivity contribution in [1.29, 1.82) is 0 Å². The van der Waals surface area contributed by atoms with Gasteiger partial charge >= 0.3 is 0 Å². The molecule has 0 spiro atoms. The number of aromatic nitrogens is 1. The number of amides is 2. The van der Waals surface area contributed by atoms with Crippen LogP contribution in [0.1, 0.15) is 22.4 Å². The van der Waals surface area contributed by atoms with Gasteiger partial charge < -0.3 is 4.57 Å². The molecule has 1 aliphatic rings. The molecule has 2 heterocycles. The molecular formula is C27H21BrN2O2S. The van der Waals surface area contributed by atoms with Crippen molar-refractivity contribution in [2.24, 2.45) is 0 Å². The van der Waals surface area contributed by atoms with Gasteiger partial charge in [0.2, 0.25) is 0 Å². The summed E-state index contributed by atoms with van der Waals surface area (Å²) in [6.45, 7) is 3.08. The number of rotatable bonds is 5. The van der Waals surface area contributed by atoms with Gasteiger partial charge in [0.25, 0.3) is 11.1 Å². The van der Waals surface area contributed by atoms with Gasteiger partial charge in [0.15, 0.2) is 0 Å². The summed E-state index contributed by atoms with van der Waals surface area (Å²) in [6.07, 6.45) is 1.88. The molecule has 0 bridgehead atoms. The van der Waals surface area contributed by atoms with Gasteiger partial charge in [-0.1, -0.05) is 76.6 Å². The zero-order valence-electron chi connectivity index (χ0n) is 18.0. The van der Waals surface area contributed by atoms with Crippen LogP contribution in [-0.2, 0) is 17.9 Å². The number of carbonyl (C=O) groups is 2. The fraction of sp³-hybridized carbons (Fsp3) is 0.111. The van der Waals surface area contributed by atoms with Gasteiger partial charge in [-0.15, -0.1) is 0 Å². The summed E-state index contributed by atoms with van der Waals surface area (Å²) in [5.74, 6) is -0.243. The van der Waals surface area contributed by atoms with Crippen LogP contribution in [0.2, 0.25) is 0 Å². The molecule has 0 saturated carbocycles. The molecule has 1 saturated heterocycles. The van der Waals surface area contributed by atoms with Crippen molar-refractivity contribution in [2.75, 3.05) is 0 Å². The molecule has 164 valence electrons. The Morgan fingerprint density at radius 2 is 1.52 bits per heavy atom. The number of benzene rings is 3. The third-order valence-corrected chi connectivity index (χ3v) is 7.30. The average Bonchev–Trinajstić information content (AvgIpc) is 3.24. The predicted octanol–water partition coefficient (Wildman–Crippen LogP) is 7.00. The normalized spacial score (nSPS) is 15.2. The molecular weight excluding hydrogens is 496 g/mol. The van der Waals surface area contributed by atoms with Crippen molar-refractivity contribution in [3.05, 3.63) is 111 Å². The van der Waals surface area contributed by atoms with E-state index in [0.29, 0.717) is 4.91 Å². The summed E-state index contributed by atoms with van der Waals surface area (Å²) in [4.78, 5) is 27.6. The highest BCUT2D eigenvalue weighted by atomic mass is 79.9. The van der Waals surface area contributed by atoms with E-state index in [2.05, 4.69) is 51.7 Å². The van der Waals surface area contributed by atoms with E-state index in [4.69, 9.17) is 0 Å². The molecule has 0 aliphatic carbocycles. The van der Waals surface area contributed by atoms with E-state index < -0.39 is 0 Å². The minimum Gasteiger partial charge on any atom is -0.340 e. The van der Waals surface area contributed by atoms with Gasteiger partial charge in [0, 0.05) is 33.2 Å². The van der Waals surface area contributed by atoms with Gasteiger partial charge in [0.1, 0.15) is 0 Å². The lowest BCUT2D eigenvalue weighted by atomic mass is 10.1. The highest BCUT2D eigenvalue weighted by molar-refractivity contribution is 9.10. The second kappa shape index (κ2) is 9.04. The smallest absolute Gasteiger partial charge is 0.293 e. The average molecular weight is 517 g/mol.